The molecule has 2 aromatic carbocycles. The predicted octanol–water partition coefficient (Wildman–Crippen LogP) is 5.36. The maximum Gasteiger partial charge on any atom is 0.473 e. The number of hydrogen-bond acceptors (Lipinski definition) is 4. The van der Waals surface area contributed by atoms with Crippen molar-refractivity contribution in [1.82, 2.24) is 9.55 Å². The van der Waals surface area contributed by atoms with Gasteiger partial charge in [-0.1, -0.05) is 98.4 Å². The van der Waals surface area contributed by atoms with Crippen molar-refractivity contribution in [3.05, 3.63) is 101 Å². The maximum absolute atomic E-state index is 12.3. The minimum absolute atomic E-state index is 0. The van der Waals surface area contributed by atoms with Gasteiger partial charge in [-0.3, -0.25) is 0 Å². The number of rotatable bonds is 10. The number of ether oxygens (including phenoxy) is 1. The van der Waals surface area contributed by atoms with Gasteiger partial charge in [0, 0.05) is 39.9 Å². The number of pyridine rings is 1. The van der Waals surface area contributed by atoms with Crippen molar-refractivity contribution in [2.24, 2.45) is 0 Å². The van der Waals surface area contributed by atoms with Crippen molar-refractivity contribution in [1.29, 1.82) is 0 Å². The van der Waals surface area contributed by atoms with Crippen LogP contribution < -0.4 is 21.7 Å². The number of benzene rings is 2. The zero-order chi connectivity index (χ0) is 30.1. The summed E-state index contributed by atoms with van der Waals surface area (Å²) in [6, 6.07) is 16.6. The molecule has 0 aliphatic carbocycles. The Morgan fingerprint density at radius 1 is 0.810 bits per heavy atom. The molecule has 6 nitrogen and oxygen atoms in total. The second kappa shape index (κ2) is 13.3. The van der Waals surface area contributed by atoms with Gasteiger partial charge in [-0.05, 0) is 29.7 Å². The summed E-state index contributed by atoms with van der Waals surface area (Å²) >= 11 is 0. The molecule has 42 heavy (non-hydrogen) atoms. The molecule has 4 aromatic rings. The molecule has 8 heteroatoms. The van der Waals surface area contributed by atoms with E-state index in [-0.39, 0.29) is 41.0 Å². The van der Waals surface area contributed by atoms with Crippen LogP contribution in [0.2, 0.25) is 0 Å². The number of imidazole rings is 1. The third-order valence-electron chi connectivity index (χ3n) is 7.40. The van der Waals surface area contributed by atoms with E-state index in [4.69, 9.17) is 4.74 Å². The molecule has 0 aliphatic heterocycles. The smallest absolute Gasteiger partial charge is 0.473 e. The van der Waals surface area contributed by atoms with E-state index in [1.54, 1.807) is 6.07 Å². The molecule has 0 bridgehead atoms. The summed E-state index contributed by atoms with van der Waals surface area (Å²) in [5.41, 5.74) is 7.03. The molecule has 0 atom stereocenters. The average molecular weight is 608 g/mol. The van der Waals surface area contributed by atoms with E-state index in [2.05, 4.69) is 125 Å². The van der Waals surface area contributed by atoms with Crippen molar-refractivity contribution in [2.45, 2.75) is 84.0 Å². The van der Waals surface area contributed by atoms with Crippen molar-refractivity contribution < 1.29 is 30.1 Å². The third-order valence-corrected chi connectivity index (χ3v) is 8.73. The van der Waals surface area contributed by atoms with Gasteiger partial charge in [0.05, 0.1) is 4.90 Å². The molecule has 224 valence electrons. The summed E-state index contributed by atoms with van der Waals surface area (Å²) in [5.74, 6) is 1.42. The lowest BCUT2D eigenvalue weighted by molar-refractivity contribution is -0.602. The lowest BCUT2D eigenvalue weighted by Gasteiger charge is -2.19. The Balaban J connectivity index is 0.00000484. The van der Waals surface area contributed by atoms with E-state index in [0.717, 1.165) is 16.8 Å². The lowest BCUT2D eigenvalue weighted by Crippen LogP contribution is -3.00. The Hall–Kier alpha value is -3.42. The summed E-state index contributed by atoms with van der Waals surface area (Å²) in [6.07, 6.45) is 5.42. The van der Waals surface area contributed by atoms with Crippen molar-refractivity contribution in [2.75, 3.05) is 0 Å². The Morgan fingerprint density at radius 2 is 1.31 bits per heavy atom. The molecular formula is C34H42ClN3O3S. The number of hydrogen-bond donors (Lipinski definition) is 0. The highest BCUT2D eigenvalue weighted by atomic mass is 35.5. The largest absolute Gasteiger partial charge is 1.00 e. The Morgan fingerprint density at radius 3 is 1.74 bits per heavy atom. The van der Waals surface area contributed by atoms with Crippen LogP contribution in [0.3, 0.4) is 0 Å². The Labute approximate surface area is 257 Å². The van der Waals surface area contributed by atoms with Crippen LogP contribution in [-0.4, -0.2) is 18.0 Å². The van der Waals surface area contributed by atoms with Crippen LogP contribution in [0.25, 0.3) is 11.4 Å². The Kier molecular flexibility index (Phi) is 10.4. The van der Waals surface area contributed by atoms with Gasteiger partial charge in [0.25, 0.3) is 0 Å². The fourth-order valence-electron chi connectivity index (χ4n) is 5.18. The molecule has 0 aliphatic rings. The van der Waals surface area contributed by atoms with E-state index in [0.29, 0.717) is 11.9 Å². The molecule has 2 aromatic heterocycles. The normalized spacial score (nSPS) is 11.8. The SMILES string of the molecule is C=CS(=O)(=O)c1ccc(Oc2n(-c3c(C(C)C)cccc3C(C)C)cc[n+]2-c2c(C(C)C)cccc2C(C)C)nc1.[Cl-]. The lowest BCUT2D eigenvalue weighted by atomic mass is 9.92. The van der Waals surface area contributed by atoms with E-state index in [9.17, 15) is 8.42 Å². The molecule has 0 saturated heterocycles. The average Bonchev–Trinajstić information content (AvgIpc) is 3.34. The van der Waals surface area contributed by atoms with Crippen molar-refractivity contribution in [3.8, 4) is 23.3 Å². The molecular weight excluding hydrogens is 566 g/mol. The fourth-order valence-corrected chi connectivity index (χ4v) is 5.83. The first kappa shape index (κ1) is 33.1. The highest BCUT2D eigenvalue weighted by Gasteiger charge is 2.32. The quantitative estimate of drug-likeness (QED) is 0.228. The molecule has 0 fully saturated rings. The molecule has 0 saturated carbocycles. The van der Waals surface area contributed by atoms with E-state index in [1.807, 2.05) is 0 Å². The number of aromatic nitrogens is 3. The van der Waals surface area contributed by atoms with Gasteiger partial charge in [0.2, 0.25) is 15.7 Å². The van der Waals surface area contributed by atoms with Gasteiger partial charge in [0.1, 0.15) is 23.8 Å². The zero-order valence-corrected chi connectivity index (χ0v) is 27.4. The molecule has 2 heterocycles. The second-order valence-electron chi connectivity index (χ2n) is 11.7. The summed E-state index contributed by atoms with van der Waals surface area (Å²) in [6.45, 7) is 21.0. The first-order valence-corrected chi connectivity index (χ1v) is 15.8. The van der Waals surface area contributed by atoms with Crippen LogP contribution in [-0.2, 0) is 9.84 Å². The van der Waals surface area contributed by atoms with Crippen molar-refractivity contribution in [3.63, 3.8) is 0 Å². The van der Waals surface area contributed by atoms with E-state index < -0.39 is 9.84 Å². The van der Waals surface area contributed by atoms with Gasteiger partial charge in [-0.2, -0.15) is 9.13 Å². The van der Waals surface area contributed by atoms with E-state index >= 15 is 0 Å². The fraction of sp³-hybridized carbons (Fsp3) is 0.353. The standard InChI is InChI=1S/C34H42N3O3S.ClH/c1-10-41(38,39)26-17-18-31(35-21-26)40-34-36(32-27(22(2)3)13-11-14-28(32)23(4)5)19-20-37(34)33-29(24(6)7)15-12-16-30(33)25(8)9;/h10-25H,1H2,2-9H3;1H/q+1;/p-1. The molecule has 0 unspecified atom stereocenters. The molecule has 0 spiro atoms. The minimum atomic E-state index is -3.60. The first-order chi connectivity index (χ1) is 19.4. The van der Waals surface area contributed by atoms with Gasteiger partial charge < -0.3 is 17.1 Å². The second-order valence-corrected chi connectivity index (χ2v) is 13.6. The third kappa shape index (κ3) is 6.47. The van der Waals surface area contributed by atoms with Crippen LogP contribution in [0.1, 0.15) is 101 Å². The number of nitrogens with zero attached hydrogens (tertiary/aromatic N) is 3. The molecule has 0 amide bonds. The van der Waals surface area contributed by atoms with Crippen LogP contribution >= 0.6 is 0 Å². The molecule has 0 N–H and O–H groups in total. The summed E-state index contributed by atoms with van der Waals surface area (Å²) in [7, 11) is -3.60. The number of halogens is 1. The predicted molar refractivity (Wildman–Crippen MR) is 165 cm³/mol. The number of para-hydroxylation sites is 2. The highest BCUT2D eigenvalue weighted by Crippen LogP contribution is 2.36. The zero-order valence-electron chi connectivity index (χ0n) is 25.8. The van der Waals surface area contributed by atoms with Crippen LogP contribution in [0.15, 0.2) is 84.0 Å². The monoisotopic (exact) mass is 607 g/mol. The Bertz CT molecular complexity index is 1520. The highest BCUT2D eigenvalue weighted by molar-refractivity contribution is 7.94. The van der Waals surface area contributed by atoms with Crippen molar-refractivity contribution >= 4 is 9.84 Å². The minimum Gasteiger partial charge on any atom is -1.00 e. The summed E-state index contributed by atoms with van der Waals surface area (Å²) in [4.78, 5) is 4.46. The van der Waals surface area contributed by atoms with Gasteiger partial charge in [-0.15, -0.1) is 0 Å². The van der Waals surface area contributed by atoms with Gasteiger partial charge in [0.15, 0.2) is 0 Å². The topological polar surface area (TPSA) is 65.1 Å². The van der Waals surface area contributed by atoms with Crippen LogP contribution in [0.4, 0.5) is 0 Å². The molecule has 4 rings (SSSR count). The summed E-state index contributed by atoms with van der Waals surface area (Å²) in [5, 5.41) is 0.927. The molecule has 0 radical (unpaired) electrons. The maximum atomic E-state index is 12.3. The van der Waals surface area contributed by atoms with Gasteiger partial charge in [-0.25, -0.2) is 13.4 Å². The van der Waals surface area contributed by atoms with Crippen LogP contribution in [0, 0.1) is 0 Å². The summed E-state index contributed by atoms with van der Waals surface area (Å²) < 4.78 is 35.5. The van der Waals surface area contributed by atoms with Crippen LogP contribution in [0.5, 0.6) is 11.9 Å². The first-order valence-electron chi connectivity index (χ1n) is 14.3. The van der Waals surface area contributed by atoms with Gasteiger partial charge >= 0.3 is 6.01 Å². The number of sulfone groups is 1. The van der Waals surface area contributed by atoms with E-state index in [1.165, 1.54) is 34.5 Å².